The molecule has 14 atom stereocenters. The highest BCUT2D eigenvalue weighted by molar-refractivity contribution is 5.72. The number of fused-ring (bicyclic) bond motifs is 6. The van der Waals surface area contributed by atoms with Crippen LogP contribution in [0.2, 0.25) is 0 Å². The molecule has 12 unspecified atom stereocenters. The third kappa shape index (κ3) is 3.63. The second-order valence-corrected chi connectivity index (χ2v) is 20.7. The average molecular weight is 767 g/mol. The quantitative estimate of drug-likeness (QED) is 0.157. The third-order valence-electron chi connectivity index (χ3n) is 19.1. The Morgan fingerprint density at radius 1 is 0.534 bits per heavy atom. The number of piperidine rings is 2. The number of para-hydroxylation sites is 2. The molecule has 2 saturated carbocycles. The average Bonchev–Trinajstić information content (AvgIpc) is 3.87. The fourth-order valence-corrected chi connectivity index (χ4v) is 17.7. The summed E-state index contributed by atoms with van der Waals surface area (Å²) in [5.74, 6) is 1.72. The summed E-state index contributed by atoms with van der Waals surface area (Å²) in [6, 6.07) is 44.4. The molecule has 9 heterocycles. The summed E-state index contributed by atoms with van der Waals surface area (Å²) in [4.78, 5) is 6.02. The van der Waals surface area contributed by atoms with Gasteiger partial charge in [-0.1, -0.05) is 109 Å². The Morgan fingerprint density at radius 3 is 1.43 bits per heavy atom. The Balaban J connectivity index is 0.978. The van der Waals surface area contributed by atoms with Crippen molar-refractivity contribution in [2.24, 2.45) is 23.7 Å². The predicted octanol–water partition coefficient (Wildman–Crippen LogP) is 7.70. The van der Waals surface area contributed by atoms with Crippen molar-refractivity contribution in [3.05, 3.63) is 155 Å². The summed E-state index contributed by atoms with van der Waals surface area (Å²) in [5.41, 5.74) is 12.7. The predicted molar refractivity (Wildman–Crippen MR) is 225 cm³/mol. The van der Waals surface area contributed by atoms with Gasteiger partial charge < -0.3 is 28.2 Å². The molecule has 6 nitrogen and oxygen atoms in total. The lowest BCUT2D eigenvalue weighted by Gasteiger charge is -2.65. The van der Waals surface area contributed by atoms with E-state index < -0.39 is 0 Å². The molecule has 4 aromatic rings. The Morgan fingerprint density at radius 2 is 0.966 bits per heavy atom. The van der Waals surface area contributed by atoms with E-state index in [1.807, 2.05) is 0 Å². The van der Waals surface area contributed by atoms with Gasteiger partial charge in [0.25, 0.3) is 0 Å². The molecule has 58 heavy (non-hydrogen) atoms. The van der Waals surface area contributed by atoms with Crippen molar-refractivity contribution >= 4 is 11.4 Å². The van der Waals surface area contributed by atoms with Crippen molar-refractivity contribution in [2.45, 2.75) is 86.2 Å². The first-order valence-corrected chi connectivity index (χ1v) is 22.8. The standard InChI is InChI=1S/C52H54N4O2/c1-3-11-33(12-4-1)29-55-23-21-51-39-15-7-9-17-41(39)53-47(51)45-37(27-43(51)55)35(31-55)19-25-57-49(45)54-42-18-10-8-16-40(42)52-22-24-56(30-34-13-5-2-6-14-34)32-36-20-26-58-50(53)46(48(52)54)38(36)28-44(52)56/h1-20,37-38,43-50H,21-32H2/q+2/t37?,38?,43?,44?,45?,46?,47?,48?,49?,50?,51?,52?,55-,56-/m1/s1. The summed E-state index contributed by atoms with van der Waals surface area (Å²) in [6.45, 7) is 8.47. The van der Waals surface area contributed by atoms with Crippen LogP contribution < -0.4 is 9.80 Å². The van der Waals surface area contributed by atoms with Crippen molar-refractivity contribution < 1.29 is 18.4 Å². The van der Waals surface area contributed by atoms with Gasteiger partial charge in [-0.05, 0) is 34.4 Å². The Hall–Kier alpha value is -4.20. The van der Waals surface area contributed by atoms with Gasteiger partial charge in [0.05, 0.1) is 49.2 Å². The number of anilines is 2. The van der Waals surface area contributed by atoms with Gasteiger partial charge in [0.1, 0.15) is 50.7 Å². The van der Waals surface area contributed by atoms with Crippen LogP contribution in [0.3, 0.4) is 0 Å². The minimum absolute atomic E-state index is 0.0192. The molecule has 2 spiro atoms. The van der Waals surface area contributed by atoms with Crippen molar-refractivity contribution in [3.8, 4) is 0 Å². The van der Waals surface area contributed by atoms with Crippen LogP contribution in [0.4, 0.5) is 11.4 Å². The van der Waals surface area contributed by atoms with E-state index in [0.717, 1.165) is 26.2 Å². The van der Waals surface area contributed by atoms with Crippen molar-refractivity contribution in [1.82, 2.24) is 0 Å². The van der Waals surface area contributed by atoms with Crippen LogP contribution in [-0.4, -0.2) is 85.0 Å². The molecule has 4 bridgehead atoms. The number of quaternary nitrogens is 2. The van der Waals surface area contributed by atoms with Crippen molar-refractivity contribution in [2.75, 3.05) is 49.2 Å². The highest BCUT2D eigenvalue weighted by atomic mass is 16.5. The van der Waals surface area contributed by atoms with Crippen LogP contribution in [-0.2, 0) is 33.4 Å². The minimum Gasteiger partial charge on any atom is -0.354 e. The van der Waals surface area contributed by atoms with Gasteiger partial charge in [-0.15, -0.1) is 0 Å². The van der Waals surface area contributed by atoms with Gasteiger partial charge in [-0.2, -0.15) is 0 Å². The number of hydrogen-bond acceptors (Lipinski definition) is 4. The fourth-order valence-electron chi connectivity index (χ4n) is 17.7. The topological polar surface area (TPSA) is 24.9 Å². The first-order chi connectivity index (χ1) is 28.6. The molecule has 0 N–H and O–H groups in total. The SMILES string of the molecule is C1=C2C[N@+]3(Cc4ccccc4)CCC45c6ccccc6N6C7OCC=C8C[N@+]9(Cc%10ccccc%10)CCC%10%11c%12ccccc%12N(C(OC1)C(C2CC43)C65)C%10C7C8CC%119. The molecule has 4 aromatic carbocycles. The maximum absolute atomic E-state index is 7.66. The lowest BCUT2D eigenvalue weighted by atomic mass is 9.52. The van der Waals surface area contributed by atoms with Gasteiger partial charge in [0.2, 0.25) is 0 Å². The zero-order chi connectivity index (χ0) is 37.6. The Labute approximate surface area is 342 Å². The van der Waals surface area contributed by atoms with E-state index in [9.17, 15) is 0 Å². The van der Waals surface area contributed by atoms with Crippen LogP contribution >= 0.6 is 0 Å². The second-order valence-electron chi connectivity index (χ2n) is 20.7. The number of rotatable bonds is 4. The van der Waals surface area contributed by atoms with Crippen LogP contribution in [0.5, 0.6) is 0 Å². The van der Waals surface area contributed by atoms with Crippen molar-refractivity contribution in [1.29, 1.82) is 0 Å². The zero-order valence-electron chi connectivity index (χ0n) is 33.4. The molecule has 6 heteroatoms. The molecule has 2 aliphatic carbocycles. The molecule has 7 fully saturated rings. The molecule has 11 aliphatic rings. The highest BCUT2D eigenvalue weighted by Gasteiger charge is 2.81. The van der Waals surface area contributed by atoms with E-state index in [-0.39, 0.29) is 23.3 Å². The first-order valence-electron chi connectivity index (χ1n) is 22.8. The van der Waals surface area contributed by atoms with Gasteiger partial charge in [-0.3, -0.25) is 0 Å². The molecule has 9 aliphatic heterocycles. The van der Waals surface area contributed by atoms with Crippen molar-refractivity contribution in [3.63, 3.8) is 0 Å². The van der Waals surface area contributed by atoms with Crippen LogP contribution in [0, 0.1) is 23.7 Å². The minimum atomic E-state index is 0.0192. The number of nitrogens with zero attached hydrogens (tertiary/aromatic N) is 4. The van der Waals surface area contributed by atoms with Gasteiger partial charge in [0, 0.05) is 71.9 Å². The third-order valence-corrected chi connectivity index (χ3v) is 19.1. The van der Waals surface area contributed by atoms with Crippen LogP contribution in [0.25, 0.3) is 0 Å². The first kappa shape index (κ1) is 32.6. The summed E-state index contributed by atoms with van der Waals surface area (Å²) in [7, 11) is 0. The van der Waals surface area contributed by atoms with Gasteiger partial charge in [0.15, 0.2) is 0 Å². The van der Waals surface area contributed by atoms with E-state index >= 15 is 0 Å². The monoisotopic (exact) mass is 766 g/mol. The van der Waals surface area contributed by atoms with Gasteiger partial charge >= 0.3 is 0 Å². The number of ether oxygens (including phenoxy) is 2. The normalized spacial score (nSPS) is 44.6. The van der Waals surface area contributed by atoms with E-state index in [4.69, 9.17) is 9.47 Å². The summed E-state index contributed by atoms with van der Waals surface area (Å²) in [6.07, 6.45) is 10.2. The second kappa shape index (κ2) is 10.9. The maximum Gasteiger partial charge on any atom is 0.136 e. The highest BCUT2D eigenvalue weighted by Crippen LogP contribution is 2.73. The van der Waals surface area contributed by atoms with E-state index in [1.165, 1.54) is 70.2 Å². The molecule has 0 aromatic heterocycles. The molecular formula is C52H54N4O2+2. The largest absolute Gasteiger partial charge is 0.354 e. The summed E-state index contributed by atoms with van der Waals surface area (Å²) in [5, 5.41) is 0. The maximum atomic E-state index is 7.66. The fraction of sp³-hybridized carbons (Fsp3) is 0.462. The molecule has 292 valence electrons. The molecule has 15 rings (SSSR count). The molecular weight excluding hydrogens is 713 g/mol. The Kier molecular flexibility index (Phi) is 6.15. The molecule has 0 amide bonds. The van der Waals surface area contributed by atoms with Gasteiger partial charge in [-0.25, -0.2) is 0 Å². The Bertz CT molecular complexity index is 2300. The smallest absolute Gasteiger partial charge is 0.136 e. The molecule has 0 radical (unpaired) electrons. The van der Waals surface area contributed by atoms with Crippen LogP contribution in [0.15, 0.2) is 132 Å². The lowest BCUT2D eigenvalue weighted by Crippen LogP contribution is -2.78. The van der Waals surface area contributed by atoms with E-state index in [2.05, 4.69) is 131 Å². The zero-order valence-corrected chi connectivity index (χ0v) is 33.4. The van der Waals surface area contributed by atoms with E-state index in [0.29, 0.717) is 61.1 Å². The number of benzene rings is 4. The number of hydrogen-bond donors (Lipinski definition) is 0. The van der Waals surface area contributed by atoms with E-state index in [1.54, 1.807) is 22.3 Å². The van der Waals surface area contributed by atoms with Crippen LogP contribution in [0.1, 0.15) is 47.9 Å². The lowest BCUT2D eigenvalue weighted by molar-refractivity contribution is -0.955. The molecule has 5 saturated heterocycles. The summed E-state index contributed by atoms with van der Waals surface area (Å²) >= 11 is 0. The summed E-state index contributed by atoms with van der Waals surface area (Å²) < 4.78 is 17.7.